The van der Waals surface area contributed by atoms with Crippen molar-refractivity contribution in [3.8, 4) is 0 Å². The lowest BCUT2D eigenvalue weighted by atomic mass is 9.92. The predicted molar refractivity (Wildman–Crippen MR) is 103 cm³/mol. The summed E-state index contributed by atoms with van der Waals surface area (Å²) in [7, 11) is 1.73. The van der Waals surface area contributed by atoms with Gasteiger partial charge in [-0.25, -0.2) is 0 Å². The molecule has 2 aromatic rings. The lowest BCUT2D eigenvalue weighted by Crippen LogP contribution is -2.48. The van der Waals surface area contributed by atoms with Gasteiger partial charge in [0.1, 0.15) is 11.2 Å². The largest absolute Gasteiger partial charge is 0.380 e. The second kappa shape index (κ2) is 7.86. The Kier molecular flexibility index (Phi) is 5.98. The van der Waals surface area contributed by atoms with E-state index in [1.807, 2.05) is 36.4 Å². The Morgan fingerprint density at radius 1 is 0.800 bits per heavy atom. The van der Waals surface area contributed by atoms with Gasteiger partial charge in [0.05, 0.1) is 26.4 Å². The van der Waals surface area contributed by atoms with Crippen LogP contribution in [-0.2, 0) is 25.4 Å². The number of hydrogen-bond donors (Lipinski definition) is 1. The van der Waals surface area contributed by atoms with E-state index in [0.29, 0.717) is 26.4 Å². The molecule has 6 heteroatoms. The highest BCUT2D eigenvalue weighted by Crippen LogP contribution is 2.33. The average Bonchev–Trinajstić information content (AvgIpc) is 2.55. The fourth-order valence-corrected chi connectivity index (χ4v) is 3.19. The molecular weight excluding hydrogens is 452 g/mol. The van der Waals surface area contributed by atoms with Gasteiger partial charge in [-0.2, -0.15) is 0 Å². The molecule has 0 saturated carbocycles. The third-order valence-corrected chi connectivity index (χ3v) is 5.55. The van der Waals surface area contributed by atoms with Crippen LogP contribution in [0.3, 0.4) is 0 Å². The summed E-state index contributed by atoms with van der Waals surface area (Å²) in [6.45, 7) is 2.14. The summed E-state index contributed by atoms with van der Waals surface area (Å²) in [6, 6.07) is 15.8. The van der Waals surface area contributed by atoms with Crippen LogP contribution in [0.25, 0.3) is 0 Å². The van der Waals surface area contributed by atoms with Gasteiger partial charge < -0.3 is 19.3 Å². The fraction of sp³-hybridized carbons (Fsp3) is 0.368. The van der Waals surface area contributed by atoms with Gasteiger partial charge in [-0.3, -0.25) is 0 Å². The molecule has 0 amide bonds. The maximum atomic E-state index is 9.83. The van der Waals surface area contributed by atoms with E-state index in [-0.39, 0.29) is 5.60 Å². The molecule has 2 aromatic carbocycles. The standard InChI is InChI=1S/C10H11BrO2.C9H9BrO2/c1-12-10(6-13-7-10)8-2-4-9(11)5-3-8;10-8-3-1-7(2-4-8)9(11)5-12-6-9/h2-5H,6-7H2,1H3;1-4,11H,5-6H2. The highest BCUT2D eigenvalue weighted by atomic mass is 79.9. The van der Waals surface area contributed by atoms with Crippen LogP contribution in [-0.4, -0.2) is 38.6 Å². The molecule has 0 bridgehead atoms. The molecule has 0 radical (unpaired) electrons. The van der Waals surface area contributed by atoms with Gasteiger partial charge >= 0.3 is 0 Å². The number of hydrogen-bond acceptors (Lipinski definition) is 4. The molecule has 4 rings (SSSR count). The number of halogens is 2. The Morgan fingerprint density at radius 2 is 1.24 bits per heavy atom. The second-order valence-electron chi connectivity index (χ2n) is 6.23. The quantitative estimate of drug-likeness (QED) is 0.735. The topological polar surface area (TPSA) is 47.9 Å². The van der Waals surface area contributed by atoms with E-state index in [1.54, 1.807) is 7.11 Å². The molecule has 0 aromatic heterocycles. The number of benzene rings is 2. The molecule has 25 heavy (non-hydrogen) atoms. The highest BCUT2D eigenvalue weighted by molar-refractivity contribution is 9.10. The van der Waals surface area contributed by atoms with Crippen LogP contribution >= 0.6 is 31.9 Å². The van der Waals surface area contributed by atoms with Crippen molar-refractivity contribution in [3.05, 3.63) is 68.6 Å². The van der Waals surface area contributed by atoms with Crippen LogP contribution in [0.4, 0.5) is 0 Å². The Bertz CT molecular complexity index is 687. The summed E-state index contributed by atoms with van der Waals surface area (Å²) in [5, 5.41) is 9.83. The molecule has 0 unspecified atom stereocenters. The van der Waals surface area contributed by atoms with E-state index < -0.39 is 5.60 Å². The van der Waals surface area contributed by atoms with Crippen LogP contribution in [0.1, 0.15) is 11.1 Å². The minimum atomic E-state index is -0.735. The van der Waals surface area contributed by atoms with Crippen molar-refractivity contribution < 1.29 is 19.3 Å². The summed E-state index contributed by atoms with van der Waals surface area (Å²) in [5.74, 6) is 0. The summed E-state index contributed by atoms with van der Waals surface area (Å²) in [4.78, 5) is 0. The summed E-state index contributed by atoms with van der Waals surface area (Å²) < 4.78 is 17.7. The van der Waals surface area contributed by atoms with Gasteiger partial charge in [0.15, 0.2) is 0 Å². The second-order valence-corrected chi connectivity index (χ2v) is 8.06. The van der Waals surface area contributed by atoms with E-state index >= 15 is 0 Å². The lowest BCUT2D eigenvalue weighted by molar-refractivity contribution is -0.202. The van der Waals surface area contributed by atoms with E-state index in [4.69, 9.17) is 14.2 Å². The van der Waals surface area contributed by atoms with Gasteiger partial charge in [-0.15, -0.1) is 0 Å². The normalized spacial score (nSPS) is 19.8. The smallest absolute Gasteiger partial charge is 0.139 e. The van der Waals surface area contributed by atoms with E-state index in [1.165, 1.54) is 5.56 Å². The Balaban J connectivity index is 0.000000146. The maximum absolute atomic E-state index is 9.83. The summed E-state index contributed by atoms with van der Waals surface area (Å²) in [5.41, 5.74) is 1.18. The first-order valence-corrected chi connectivity index (χ1v) is 9.51. The highest BCUT2D eigenvalue weighted by Gasteiger charge is 2.40. The molecule has 2 fully saturated rings. The van der Waals surface area contributed by atoms with Crippen LogP contribution in [0, 0.1) is 0 Å². The van der Waals surface area contributed by atoms with Crippen LogP contribution < -0.4 is 0 Å². The number of ether oxygens (including phenoxy) is 3. The molecule has 2 heterocycles. The van der Waals surface area contributed by atoms with Crippen molar-refractivity contribution in [2.24, 2.45) is 0 Å². The average molecular weight is 472 g/mol. The van der Waals surface area contributed by atoms with Gasteiger partial charge in [-0.05, 0) is 35.4 Å². The SMILES string of the molecule is COC1(c2ccc(Br)cc2)COC1.OC1(c2ccc(Br)cc2)COC1. The van der Waals surface area contributed by atoms with Gasteiger partial charge in [0.25, 0.3) is 0 Å². The molecule has 2 aliphatic heterocycles. The minimum Gasteiger partial charge on any atom is -0.380 e. The first kappa shape index (κ1) is 19.0. The molecular formula is C19H20Br2O4. The van der Waals surface area contributed by atoms with E-state index in [9.17, 15) is 5.11 Å². The number of methoxy groups -OCH3 is 1. The third kappa shape index (κ3) is 4.15. The van der Waals surface area contributed by atoms with Gasteiger partial charge in [-0.1, -0.05) is 56.1 Å². The zero-order valence-electron chi connectivity index (χ0n) is 13.9. The summed E-state index contributed by atoms with van der Waals surface area (Å²) in [6.07, 6.45) is 0. The minimum absolute atomic E-state index is 0.194. The van der Waals surface area contributed by atoms with Crippen LogP contribution in [0.2, 0.25) is 0 Å². The van der Waals surface area contributed by atoms with Crippen molar-refractivity contribution in [1.82, 2.24) is 0 Å². The fourth-order valence-electron chi connectivity index (χ4n) is 2.67. The number of rotatable bonds is 3. The zero-order chi connectivity index (χ0) is 17.9. The molecule has 0 spiro atoms. The predicted octanol–water partition coefficient (Wildman–Crippen LogP) is 3.99. The Labute approximate surface area is 164 Å². The van der Waals surface area contributed by atoms with E-state index in [2.05, 4.69) is 44.0 Å². The Morgan fingerprint density at radius 3 is 1.56 bits per heavy atom. The third-order valence-electron chi connectivity index (χ3n) is 4.49. The van der Waals surface area contributed by atoms with E-state index in [0.717, 1.165) is 14.5 Å². The molecule has 1 N–H and O–H groups in total. The number of aliphatic hydroxyl groups is 1. The monoisotopic (exact) mass is 470 g/mol. The molecule has 2 aliphatic rings. The van der Waals surface area contributed by atoms with Gasteiger partial charge in [0, 0.05) is 16.1 Å². The first-order chi connectivity index (χ1) is 12.0. The zero-order valence-corrected chi connectivity index (χ0v) is 17.0. The van der Waals surface area contributed by atoms with Crippen molar-refractivity contribution >= 4 is 31.9 Å². The molecule has 0 aliphatic carbocycles. The first-order valence-electron chi connectivity index (χ1n) is 7.93. The molecule has 2 saturated heterocycles. The summed E-state index contributed by atoms with van der Waals surface area (Å²) >= 11 is 6.74. The lowest BCUT2D eigenvalue weighted by Gasteiger charge is -2.40. The Hall–Kier alpha value is -0.760. The van der Waals surface area contributed by atoms with Crippen LogP contribution in [0.15, 0.2) is 57.5 Å². The molecule has 0 atom stereocenters. The molecule has 134 valence electrons. The van der Waals surface area contributed by atoms with Crippen molar-refractivity contribution in [3.63, 3.8) is 0 Å². The van der Waals surface area contributed by atoms with Gasteiger partial charge in [0.2, 0.25) is 0 Å². The van der Waals surface area contributed by atoms with Crippen molar-refractivity contribution in [2.75, 3.05) is 33.5 Å². The maximum Gasteiger partial charge on any atom is 0.139 e. The van der Waals surface area contributed by atoms with Crippen LogP contribution in [0.5, 0.6) is 0 Å². The van der Waals surface area contributed by atoms with Crippen molar-refractivity contribution in [1.29, 1.82) is 0 Å². The molecule has 4 nitrogen and oxygen atoms in total. The van der Waals surface area contributed by atoms with Crippen molar-refractivity contribution in [2.45, 2.75) is 11.2 Å².